The molecule has 16 heavy (non-hydrogen) atoms. The molecule has 0 saturated carbocycles. The number of nitrogens with two attached hydrogens (primary N) is 1. The first-order chi connectivity index (χ1) is 7.78. The van der Waals surface area contributed by atoms with Crippen LogP contribution in [-0.4, -0.2) is 17.3 Å². The summed E-state index contributed by atoms with van der Waals surface area (Å²) >= 11 is 0. The number of rotatable bonds is 4. The van der Waals surface area contributed by atoms with Crippen molar-refractivity contribution >= 4 is 12.0 Å². The first-order valence-electron chi connectivity index (χ1n) is 4.73. The third kappa shape index (κ3) is 2.41. The van der Waals surface area contributed by atoms with Gasteiger partial charge in [0.1, 0.15) is 5.75 Å². The maximum atomic E-state index is 5.29. The number of nitrogens with zero attached hydrogens (tertiary/aromatic N) is 2. The van der Waals surface area contributed by atoms with Crippen LogP contribution in [0, 0.1) is 0 Å². The van der Waals surface area contributed by atoms with Crippen LogP contribution in [0.2, 0.25) is 0 Å². The quantitative estimate of drug-likeness (QED) is 0.807. The molecule has 3 N–H and O–H groups in total. The Labute approximate surface area is 92.4 Å². The molecule has 0 unspecified atom stereocenters. The van der Waals surface area contributed by atoms with Crippen molar-refractivity contribution in [3.8, 4) is 5.75 Å². The molecule has 84 valence electrons. The van der Waals surface area contributed by atoms with Crippen LogP contribution >= 0.6 is 0 Å². The van der Waals surface area contributed by atoms with Crippen LogP contribution in [0.3, 0.4) is 0 Å². The Morgan fingerprint density at radius 1 is 1.44 bits per heavy atom. The Bertz CT molecular complexity index is 469. The van der Waals surface area contributed by atoms with Gasteiger partial charge in [0.15, 0.2) is 0 Å². The molecule has 0 aliphatic carbocycles. The van der Waals surface area contributed by atoms with Gasteiger partial charge in [0.25, 0.3) is 0 Å². The van der Waals surface area contributed by atoms with Gasteiger partial charge in [-0.3, -0.25) is 0 Å². The first kappa shape index (κ1) is 10.3. The molecule has 0 radical (unpaired) electrons. The van der Waals surface area contributed by atoms with Gasteiger partial charge in [-0.2, -0.15) is 0 Å². The summed E-state index contributed by atoms with van der Waals surface area (Å²) in [6, 6.07) is 8.04. The maximum absolute atomic E-state index is 5.29. The molecule has 1 heterocycles. The van der Waals surface area contributed by atoms with Crippen molar-refractivity contribution in [3.05, 3.63) is 29.8 Å². The number of nitrogen functional groups attached to an aromatic ring is 1. The summed E-state index contributed by atoms with van der Waals surface area (Å²) in [6.07, 6.45) is 0. The molecule has 2 aromatic rings. The topological polar surface area (TPSA) is 86.2 Å². The van der Waals surface area contributed by atoms with Crippen LogP contribution < -0.4 is 15.8 Å². The molecule has 0 fully saturated rings. The minimum atomic E-state index is 0.0492. The number of nitrogens with one attached hydrogen (secondary N) is 1. The lowest BCUT2D eigenvalue weighted by Gasteiger charge is -2.04. The Kier molecular flexibility index (Phi) is 2.90. The van der Waals surface area contributed by atoms with E-state index in [-0.39, 0.29) is 6.01 Å². The SMILES string of the molecule is COc1cccc(CNc2nnc(N)o2)c1. The molecule has 0 aliphatic heterocycles. The van der Waals surface area contributed by atoms with Crippen molar-refractivity contribution in [1.29, 1.82) is 0 Å². The maximum Gasteiger partial charge on any atom is 0.317 e. The van der Waals surface area contributed by atoms with E-state index in [1.165, 1.54) is 0 Å². The van der Waals surface area contributed by atoms with Gasteiger partial charge in [-0.15, -0.1) is 0 Å². The summed E-state index contributed by atoms with van der Waals surface area (Å²) in [5, 5.41) is 10.2. The van der Waals surface area contributed by atoms with E-state index >= 15 is 0 Å². The van der Waals surface area contributed by atoms with Crippen molar-refractivity contribution in [1.82, 2.24) is 10.2 Å². The summed E-state index contributed by atoms with van der Waals surface area (Å²) in [7, 11) is 1.63. The Morgan fingerprint density at radius 3 is 3.00 bits per heavy atom. The van der Waals surface area contributed by atoms with Crippen LogP contribution in [0.4, 0.5) is 12.0 Å². The second kappa shape index (κ2) is 4.52. The lowest BCUT2D eigenvalue weighted by Crippen LogP contribution is -1.99. The molecule has 1 aromatic carbocycles. The third-order valence-electron chi connectivity index (χ3n) is 2.02. The van der Waals surface area contributed by atoms with Crippen LogP contribution in [0.1, 0.15) is 5.56 Å². The highest BCUT2D eigenvalue weighted by Crippen LogP contribution is 2.14. The van der Waals surface area contributed by atoms with Gasteiger partial charge in [-0.05, 0) is 17.7 Å². The van der Waals surface area contributed by atoms with E-state index in [0.717, 1.165) is 11.3 Å². The summed E-state index contributed by atoms with van der Waals surface area (Å²) in [6.45, 7) is 0.568. The van der Waals surface area contributed by atoms with E-state index in [4.69, 9.17) is 14.9 Å². The Morgan fingerprint density at radius 2 is 2.31 bits per heavy atom. The van der Waals surface area contributed by atoms with Crippen molar-refractivity contribution in [2.24, 2.45) is 0 Å². The second-order valence-electron chi connectivity index (χ2n) is 3.15. The van der Waals surface area contributed by atoms with Gasteiger partial charge in [-0.1, -0.05) is 22.3 Å². The van der Waals surface area contributed by atoms with E-state index in [2.05, 4.69) is 15.5 Å². The Balaban J connectivity index is 1.99. The van der Waals surface area contributed by atoms with Crippen LogP contribution in [0.15, 0.2) is 28.7 Å². The normalized spacial score (nSPS) is 10.1. The summed E-state index contributed by atoms with van der Waals surface area (Å²) < 4.78 is 10.1. The minimum Gasteiger partial charge on any atom is -0.497 e. The fourth-order valence-electron chi connectivity index (χ4n) is 1.27. The highest BCUT2D eigenvalue weighted by molar-refractivity contribution is 5.31. The molecule has 1 aromatic heterocycles. The van der Waals surface area contributed by atoms with Gasteiger partial charge >= 0.3 is 12.0 Å². The molecule has 0 aliphatic rings. The molecule has 0 amide bonds. The lowest BCUT2D eigenvalue weighted by molar-refractivity contribution is 0.414. The fraction of sp³-hybridized carbons (Fsp3) is 0.200. The number of benzene rings is 1. The van der Waals surface area contributed by atoms with E-state index in [0.29, 0.717) is 12.6 Å². The zero-order valence-corrected chi connectivity index (χ0v) is 8.80. The van der Waals surface area contributed by atoms with Crippen molar-refractivity contribution < 1.29 is 9.15 Å². The predicted octanol–water partition coefficient (Wildman–Crippen LogP) is 1.27. The standard InChI is InChI=1S/C10H12N4O2/c1-15-8-4-2-3-7(5-8)6-12-10-14-13-9(11)16-10/h2-5H,6H2,1H3,(H2,11,13)(H,12,14). The summed E-state index contributed by atoms with van der Waals surface area (Å²) in [5.41, 5.74) is 6.34. The molecule has 0 spiro atoms. The van der Waals surface area contributed by atoms with Gasteiger partial charge in [0.2, 0.25) is 0 Å². The average Bonchev–Trinajstić information content (AvgIpc) is 2.73. The van der Waals surface area contributed by atoms with Gasteiger partial charge in [0, 0.05) is 6.54 Å². The van der Waals surface area contributed by atoms with E-state index in [1.54, 1.807) is 7.11 Å². The van der Waals surface area contributed by atoms with Crippen molar-refractivity contribution in [2.75, 3.05) is 18.2 Å². The molecule has 6 nitrogen and oxygen atoms in total. The molecular weight excluding hydrogens is 208 g/mol. The highest BCUT2D eigenvalue weighted by atomic mass is 16.5. The van der Waals surface area contributed by atoms with Crippen LogP contribution in [-0.2, 0) is 6.54 Å². The molecule has 0 saturated heterocycles. The molecule has 0 bridgehead atoms. The van der Waals surface area contributed by atoms with Gasteiger partial charge in [-0.25, -0.2) is 0 Å². The number of hydrogen-bond acceptors (Lipinski definition) is 6. The minimum absolute atomic E-state index is 0.0492. The van der Waals surface area contributed by atoms with Gasteiger partial charge in [0.05, 0.1) is 7.11 Å². The zero-order chi connectivity index (χ0) is 11.4. The van der Waals surface area contributed by atoms with Crippen LogP contribution in [0.25, 0.3) is 0 Å². The van der Waals surface area contributed by atoms with E-state index in [9.17, 15) is 0 Å². The van der Waals surface area contributed by atoms with E-state index < -0.39 is 0 Å². The molecule has 6 heteroatoms. The van der Waals surface area contributed by atoms with Crippen molar-refractivity contribution in [3.63, 3.8) is 0 Å². The van der Waals surface area contributed by atoms with Crippen LogP contribution in [0.5, 0.6) is 5.75 Å². The monoisotopic (exact) mass is 220 g/mol. The van der Waals surface area contributed by atoms with Crippen molar-refractivity contribution in [2.45, 2.75) is 6.54 Å². The van der Waals surface area contributed by atoms with E-state index in [1.807, 2.05) is 24.3 Å². The molecule has 0 atom stereocenters. The molecule has 2 rings (SSSR count). The average molecular weight is 220 g/mol. The fourth-order valence-corrected chi connectivity index (χ4v) is 1.27. The largest absolute Gasteiger partial charge is 0.497 e. The number of aromatic nitrogens is 2. The number of hydrogen-bond donors (Lipinski definition) is 2. The first-order valence-corrected chi connectivity index (χ1v) is 4.73. The number of anilines is 2. The lowest BCUT2D eigenvalue weighted by atomic mass is 10.2. The summed E-state index contributed by atoms with van der Waals surface area (Å²) in [5.74, 6) is 0.810. The second-order valence-corrected chi connectivity index (χ2v) is 3.15. The predicted molar refractivity (Wildman–Crippen MR) is 59.0 cm³/mol. The smallest absolute Gasteiger partial charge is 0.317 e. The highest BCUT2D eigenvalue weighted by Gasteiger charge is 2.02. The Hall–Kier alpha value is -2.24. The summed E-state index contributed by atoms with van der Waals surface area (Å²) in [4.78, 5) is 0. The molecular formula is C10H12N4O2. The number of ether oxygens (including phenoxy) is 1. The third-order valence-corrected chi connectivity index (χ3v) is 2.02. The van der Waals surface area contributed by atoms with Gasteiger partial charge < -0.3 is 20.2 Å². The number of methoxy groups -OCH3 is 1. The zero-order valence-electron chi connectivity index (χ0n) is 8.80.